The van der Waals surface area contributed by atoms with Crippen molar-refractivity contribution in [2.45, 2.75) is 13.0 Å². The molecular weight excluding hydrogens is 234 g/mol. The maximum absolute atomic E-state index is 9.41. The molecule has 1 atom stereocenters. The van der Waals surface area contributed by atoms with Crippen molar-refractivity contribution in [2.75, 3.05) is 0 Å². The largest absolute Gasteiger partial charge is 0.387 e. The van der Waals surface area contributed by atoms with Crippen LogP contribution in [0.25, 0.3) is 15.8 Å². The highest BCUT2D eigenvalue weighted by molar-refractivity contribution is 7.17. The average molecular weight is 245 g/mol. The van der Waals surface area contributed by atoms with Crippen molar-refractivity contribution in [3.8, 4) is 5.69 Å². The molecule has 4 nitrogen and oxygen atoms in total. The second-order valence-electron chi connectivity index (χ2n) is 3.91. The summed E-state index contributed by atoms with van der Waals surface area (Å²) in [5, 5.41) is 20.6. The van der Waals surface area contributed by atoms with Crippen LogP contribution < -0.4 is 0 Å². The maximum atomic E-state index is 9.41. The number of benzene rings is 1. The molecule has 3 aromatic rings. The Kier molecular flexibility index (Phi) is 2.42. The van der Waals surface area contributed by atoms with Crippen LogP contribution in [0.15, 0.2) is 35.8 Å². The molecule has 1 unspecified atom stereocenters. The van der Waals surface area contributed by atoms with Crippen LogP contribution in [0, 0.1) is 0 Å². The first kappa shape index (κ1) is 10.4. The van der Waals surface area contributed by atoms with Crippen molar-refractivity contribution >= 4 is 21.4 Å². The molecule has 0 aliphatic carbocycles. The monoisotopic (exact) mass is 245 g/mol. The van der Waals surface area contributed by atoms with E-state index in [4.69, 9.17) is 0 Å². The standard InChI is InChI=1S/C12H11N3OS/c1-8(16)11-7-15(14-13-11)10-2-3-12-9(6-10)4-5-17-12/h2-8,16H,1H3. The number of thiophene rings is 1. The van der Waals surface area contributed by atoms with E-state index < -0.39 is 6.10 Å². The third kappa shape index (κ3) is 1.83. The van der Waals surface area contributed by atoms with Gasteiger partial charge in [0.25, 0.3) is 0 Å². The molecule has 0 fully saturated rings. The number of rotatable bonds is 2. The lowest BCUT2D eigenvalue weighted by Crippen LogP contribution is -1.94. The van der Waals surface area contributed by atoms with Gasteiger partial charge < -0.3 is 5.11 Å². The molecule has 0 radical (unpaired) electrons. The lowest BCUT2D eigenvalue weighted by Gasteiger charge is -2.00. The Bertz CT molecular complexity index is 656. The van der Waals surface area contributed by atoms with E-state index in [1.54, 1.807) is 29.1 Å². The Morgan fingerprint density at radius 3 is 3.00 bits per heavy atom. The first-order valence-corrected chi connectivity index (χ1v) is 6.20. The third-order valence-electron chi connectivity index (χ3n) is 2.64. The molecule has 2 aromatic heterocycles. The Morgan fingerprint density at radius 2 is 2.24 bits per heavy atom. The topological polar surface area (TPSA) is 50.9 Å². The molecule has 3 rings (SSSR count). The molecule has 0 saturated heterocycles. The third-order valence-corrected chi connectivity index (χ3v) is 3.54. The predicted molar refractivity (Wildman–Crippen MR) is 67.4 cm³/mol. The van der Waals surface area contributed by atoms with Crippen molar-refractivity contribution in [1.82, 2.24) is 15.0 Å². The van der Waals surface area contributed by atoms with Gasteiger partial charge in [0.05, 0.1) is 18.0 Å². The van der Waals surface area contributed by atoms with E-state index in [1.807, 2.05) is 6.07 Å². The Hall–Kier alpha value is -1.72. The summed E-state index contributed by atoms with van der Waals surface area (Å²) < 4.78 is 2.93. The highest BCUT2D eigenvalue weighted by Crippen LogP contribution is 2.23. The van der Waals surface area contributed by atoms with Gasteiger partial charge >= 0.3 is 0 Å². The van der Waals surface area contributed by atoms with Crippen LogP contribution in [0.3, 0.4) is 0 Å². The number of aliphatic hydroxyl groups is 1. The summed E-state index contributed by atoms with van der Waals surface area (Å²) in [4.78, 5) is 0. The Balaban J connectivity index is 2.06. The van der Waals surface area contributed by atoms with E-state index in [-0.39, 0.29) is 0 Å². The molecule has 1 N–H and O–H groups in total. The highest BCUT2D eigenvalue weighted by Gasteiger charge is 2.07. The van der Waals surface area contributed by atoms with Gasteiger partial charge in [-0.05, 0) is 42.0 Å². The minimum absolute atomic E-state index is 0.579. The first-order chi connectivity index (χ1) is 8.24. The number of nitrogens with zero attached hydrogens (tertiary/aromatic N) is 3. The van der Waals surface area contributed by atoms with E-state index in [0.29, 0.717) is 5.69 Å². The van der Waals surface area contributed by atoms with Gasteiger partial charge in [-0.1, -0.05) is 5.21 Å². The van der Waals surface area contributed by atoms with Gasteiger partial charge in [-0.3, -0.25) is 0 Å². The van der Waals surface area contributed by atoms with Crippen LogP contribution in [0.1, 0.15) is 18.7 Å². The minimum Gasteiger partial charge on any atom is -0.387 e. The quantitative estimate of drug-likeness (QED) is 0.754. The normalized spacial score (nSPS) is 13.1. The molecule has 86 valence electrons. The molecule has 2 heterocycles. The zero-order valence-electron chi connectivity index (χ0n) is 9.24. The summed E-state index contributed by atoms with van der Waals surface area (Å²) in [6.07, 6.45) is 1.16. The molecule has 1 aromatic carbocycles. The second kappa shape index (κ2) is 3.94. The van der Waals surface area contributed by atoms with Crippen molar-refractivity contribution in [1.29, 1.82) is 0 Å². The summed E-state index contributed by atoms with van der Waals surface area (Å²) in [6, 6.07) is 8.21. The van der Waals surface area contributed by atoms with Crippen molar-refractivity contribution in [2.24, 2.45) is 0 Å². The average Bonchev–Trinajstić information content (AvgIpc) is 2.97. The molecule has 0 aliphatic heterocycles. The number of fused-ring (bicyclic) bond motifs is 1. The summed E-state index contributed by atoms with van der Waals surface area (Å²) in [7, 11) is 0. The predicted octanol–water partition coefficient (Wildman–Crippen LogP) is 2.54. The zero-order valence-corrected chi connectivity index (χ0v) is 10.1. The number of aromatic nitrogens is 3. The van der Waals surface area contributed by atoms with Crippen molar-refractivity contribution in [3.05, 3.63) is 41.5 Å². The number of hydrogen-bond acceptors (Lipinski definition) is 4. The molecule has 0 saturated carbocycles. The summed E-state index contributed by atoms with van der Waals surface area (Å²) >= 11 is 1.72. The second-order valence-corrected chi connectivity index (χ2v) is 4.85. The van der Waals surface area contributed by atoms with E-state index >= 15 is 0 Å². The molecule has 0 aliphatic rings. The molecule has 17 heavy (non-hydrogen) atoms. The molecule has 0 spiro atoms. The van der Waals surface area contributed by atoms with Gasteiger partial charge in [-0.2, -0.15) is 0 Å². The fourth-order valence-electron chi connectivity index (χ4n) is 1.69. The van der Waals surface area contributed by atoms with E-state index in [2.05, 4.69) is 33.9 Å². The lowest BCUT2D eigenvalue weighted by molar-refractivity contribution is 0.194. The highest BCUT2D eigenvalue weighted by atomic mass is 32.1. The molecular formula is C12H11N3OS. The number of aliphatic hydroxyl groups excluding tert-OH is 1. The smallest absolute Gasteiger partial charge is 0.111 e. The van der Waals surface area contributed by atoms with Gasteiger partial charge in [-0.15, -0.1) is 16.4 Å². The Labute approximate surface area is 102 Å². The first-order valence-electron chi connectivity index (χ1n) is 5.32. The van der Waals surface area contributed by atoms with Gasteiger partial charge in [0.15, 0.2) is 0 Å². The number of hydrogen-bond donors (Lipinski definition) is 1. The van der Waals surface area contributed by atoms with Crippen molar-refractivity contribution in [3.63, 3.8) is 0 Å². The molecule has 5 heteroatoms. The van der Waals surface area contributed by atoms with Crippen LogP contribution in [0.5, 0.6) is 0 Å². The zero-order chi connectivity index (χ0) is 11.8. The fourth-order valence-corrected chi connectivity index (χ4v) is 2.46. The van der Waals surface area contributed by atoms with Gasteiger partial charge in [0.1, 0.15) is 5.69 Å². The summed E-state index contributed by atoms with van der Waals surface area (Å²) in [5.74, 6) is 0. The summed E-state index contributed by atoms with van der Waals surface area (Å²) in [5.41, 5.74) is 1.53. The van der Waals surface area contributed by atoms with Gasteiger partial charge in [0, 0.05) is 4.70 Å². The van der Waals surface area contributed by atoms with E-state index in [1.165, 1.54) is 10.1 Å². The SMILES string of the molecule is CC(O)c1cn(-c2ccc3sccc3c2)nn1. The molecule has 0 amide bonds. The van der Waals surface area contributed by atoms with E-state index in [0.717, 1.165) is 5.69 Å². The van der Waals surface area contributed by atoms with Gasteiger partial charge in [-0.25, -0.2) is 4.68 Å². The van der Waals surface area contributed by atoms with E-state index in [9.17, 15) is 5.11 Å². The summed E-state index contributed by atoms with van der Waals surface area (Å²) in [6.45, 7) is 1.68. The van der Waals surface area contributed by atoms with Crippen molar-refractivity contribution < 1.29 is 5.11 Å². The Morgan fingerprint density at radius 1 is 1.35 bits per heavy atom. The fraction of sp³-hybridized carbons (Fsp3) is 0.167. The van der Waals surface area contributed by atoms with Crippen LogP contribution in [-0.4, -0.2) is 20.1 Å². The molecule has 0 bridgehead atoms. The minimum atomic E-state index is -0.589. The van der Waals surface area contributed by atoms with Crippen LogP contribution in [0.4, 0.5) is 0 Å². The van der Waals surface area contributed by atoms with Crippen LogP contribution in [-0.2, 0) is 0 Å². The van der Waals surface area contributed by atoms with Crippen LogP contribution in [0.2, 0.25) is 0 Å². The maximum Gasteiger partial charge on any atom is 0.111 e. The lowest BCUT2D eigenvalue weighted by atomic mass is 10.2. The van der Waals surface area contributed by atoms with Gasteiger partial charge in [0.2, 0.25) is 0 Å². The van der Waals surface area contributed by atoms with Crippen LogP contribution >= 0.6 is 11.3 Å².